The topological polar surface area (TPSA) is 38.3 Å². The van der Waals surface area contributed by atoms with Gasteiger partial charge in [0, 0.05) is 12.1 Å². The van der Waals surface area contributed by atoms with Crippen LogP contribution in [0.1, 0.15) is 16.7 Å². The zero-order valence-corrected chi connectivity index (χ0v) is 9.81. The van der Waals surface area contributed by atoms with Crippen molar-refractivity contribution in [2.75, 3.05) is 7.11 Å². The Bertz CT molecular complexity index is 377. The Hall–Kier alpha value is -1.22. The molecular formula is C11H14ClNO2. The molecule has 1 aromatic carbocycles. The SMILES string of the molecule is COc1c(C)cc(C)cc1CNC(=O)Cl. The molecule has 0 bridgehead atoms. The molecule has 0 heterocycles. The standard InChI is InChI=1S/C11H14ClNO2/c1-7-4-8(2)10(15-3)9(5-7)6-13-11(12)14/h4-5H,6H2,1-3H3,(H,13,14). The number of hydrogen-bond donors (Lipinski definition) is 1. The van der Waals surface area contributed by atoms with Gasteiger partial charge in [0.1, 0.15) is 5.75 Å². The number of carbonyl (C=O) groups is 1. The number of methoxy groups -OCH3 is 1. The molecule has 0 unspecified atom stereocenters. The third-order valence-electron chi connectivity index (χ3n) is 2.12. The van der Waals surface area contributed by atoms with Crippen molar-refractivity contribution in [2.45, 2.75) is 20.4 Å². The molecule has 1 amide bonds. The van der Waals surface area contributed by atoms with Crippen molar-refractivity contribution < 1.29 is 9.53 Å². The second kappa shape index (κ2) is 5.03. The van der Waals surface area contributed by atoms with Crippen LogP contribution in [0.4, 0.5) is 4.79 Å². The lowest BCUT2D eigenvalue weighted by molar-refractivity contribution is 0.259. The zero-order chi connectivity index (χ0) is 11.4. The Morgan fingerprint density at radius 3 is 2.67 bits per heavy atom. The summed E-state index contributed by atoms with van der Waals surface area (Å²) in [6.07, 6.45) is 0. The number of amides is 1. The van der Waals surface area contributed by atoms with Gasteiger partial charge >= 0.3 is 5.37 Å². The first-order valence-electron chi connectivity index (χ1n) is 4.62. The van der Waals surface area contributed by atoms with Crippen molar-refractivity contribution in [1.29, 1.82) is 0 Å². The number of benzene rings is 1. The predicted molar refractivity (Wildman–Crippen MR) is 60.6 cm³/mol. The van der Waals surface area contributed by atoms with Crippen molar-refractivity contribution in [1.82, 2.24) is 5.32 Å². The lowest BCUT2D eigenvalue weighted by atomic mass is 10.1. The minimum atomic E-state index is -0.559. The Morgan fingerprint density at radius 2 is 2.13 bits per heavy atom. The van der Waals surface area contributed by atoms with E-state index in [9.17, 15) is 4.79 Å². The lowest BCUT2D eigenvalue weighted by Gasteiger charge is -2.12. The highest BCUT2D eigenvalue weighted by molar-refractivity contribution is 6.62. The summed E-state index contributed by atoms with van der Waals surface area (Å²) in [6.45, 7) is 4.35. The van der Waals surface area contributed by atoms with E-state index in [0.29, 0.717) is 6.54 Å². The van der Waals surface area contributed by atoms with Gasteiger partial charge in [-0.15, -0.1) is 0 Å². The maximum atomic E-state index is 10.6. The number of rotatable bonds is 3. The molecule has 4 heteroatoms. The van der Waals surface area contributed by atoms with Gasteiger partial charge in [0.15, 0.2) is 0 Å². The van der Waals surface area contributed by atoms with Crippen LogP contribution >= 0.6 is 11.6 Å². The summed E-state index contributed by atoms with van der Waals surface area (Å²) >= 11 is 5.21. The molecule has 1 N–H and O–H groups in total. The maximum absolute atomic E-state index is 10.6. The smallest absolute Gasteiger partial charge is 0.314 e. The largest absolute Gasteiger partial charge is 0.496 e. The number of hydrogen-bond acceptors (Lipinski definition) is 2. The summed E-state index contributed by atoms with van der Waals surface area (Å²) in [7, 11) is 1.61. The van der Waals surface area contributed by atoms with Gasteiger partial charge in [0.25, 0.3) is 0 Å². The van der Waals surface area contributed by atoms with Gasteiger partial charge in [-0.1, -0.05) is 17.7 Å². The average Bonchev–Trinajstić information content (AvgIpc) is 2.13. The number of nitrogens with one attached hydrogen (secondary N) is 1. The molecule has 1 aromatic rings. The highest BCUT2D eigenvalue weighted by Gasteiger charge is 2.07. The van der Waals surface area contributed by atoms with Gasteiger partial charge in [-0.25, -0.2) is 0 Å². The summed E-state index contributed by atoms with van der Waals surface area (Å²) in [5.74, 6) is 0.797. The minimum Gasteiger partial charge on any atom is -0.496 e. The van der Waals surface area contributed by atoms with Crippen molar-refractivity contribution in [3.05, 3.63) is 28.8 Å². The van der Waals surface area contributed by atoms with Crippen LogP contribution in [0.15, 0.2) is 12.1 Å². The van der Waals surface area contributed by atoms with Crippen LogP contribution in [0.3, 0.4) is 0 Å². The van der Waals surface area contributed by atoms with E-state index in [1.165, 1.54) is 0 Å². The van der Waals surface area contributed by atoms with Gasteiger partial charge in [-0.05, 0) is 31.0 Å². The highest BCUT2D eigenvalue weighted by Crippen LogP contribution is 2.24. The van der Waals surface area contributed by atoms with Crippen LogP contribution in [0.2, 0.25) is 0 Å². The predicted octanol–water partition coefficient (Wildman–Crippen LogP) is 2.76. The van der Waals surface area contributed by atoms with E-state index in [4.69, 9.17) is 16.3 Å². The molecule has 0 spiro atoms. The summed E-state index contributed by atoms with van der Waals surface area (Å²) in [5, 5.41) is 1.98. The molecule has 3 nitrogen and oxygen atoms in total. The monoisotopic (exact) mass is 227 g/mol. The van der Waals surface area contributed by atoms with E-state index in [0.717, 1.165) is 22.4 Å². The lowest BCUT2D eigenvalue weighted by Crippen LogP contribution is -2.16. The van der Waals surface area contributed by atoms with Crippen LogP contribution in [-0.4, -0.2) is 12.5 Å². The molecule has 0 fully saturated rings. The molecule has 15 heavy (non-hydrogen) atoms. The van der Waals surface area contributed by atoms with E-state index >= 15 is 0 Å². The van der Waals surface area contributed by atoms with Gasteiger partial charge in [-0.3, -0.25) is 4.79 Å². The minimum absolute atomic E-state index is 0.383. The molecule has 0 saturated carbocycles. The van der Waals surface area contributed by atoms with E-state index in [-0.39, 0.29) is 0 Å². The van der Waals surface area contributed by atoms with Gasteiger partial charge < -0.3 is 10.1 Å². The van der Waals surface area contributed by atoms with Crippen molar-refractivity contribution in [3.63, 3.8) is 0 Å². The molecule has 0 aliphatic heterocycles. The average molecular weight is 228 g/mol. The molecule has 0 aliphatic rings. The molecule has 0 atom stereocenters. The van der Waals surface area contributed by atoms with Gasteiger partial charge in [0.05, 0.1) is 7.11 Å². The van der Waals surface area contributed by atoms with Crippen molar-refractivity contribution in [2.24, 2.45) is 0 Å². The highest BCUT2D eigenvalue weighted by atomic mass is 35.5. The Labute approximate surface area is 94.4 Å². The van der Waals surface area contributed by atoms with E-state index in [2.05, 4.69) is 5.32 Å². The summed E-state index contributed by atoms with van der Waals surface area (Å²) in [6, 6.07) is 4.00. The fourth-order valence-corrected chi connectivity index (χ4v) is 1.70. The third-order valence-corrected chi connectivity index (χ3v) is 2.25. The maximum Gasteiger partial charge on any atom is 0.314 e. The number of ether oxygens (including phenoxy) is 1. The quantitative estimate of drug-likeness (QED) is 0.637. The van der Waals surface area contributed by atoms with Crippen LogP contribution < -0.4 is 10.1 Å². The number of aryl methyl sites for hydroxylation is 2. The number of carbonyl (C=O) groups excluding carboxylic acids is 1. The molecule has 1 rings (SSSR count). The van der Waals surface area contributed by atoms with Crippen LogP contribution in [0, 0.1) is 13.8 Å². The fourth-order valence-electron chi connectivity index (χ4n) is 1.63. The molecular weight excluding hydrogens is 214 g/mol. The first-order valence-corrected chi connectivity index (χ1v) is 5.00. The number of halogens is 1. The van der Waals surface area contributed by atoms with E-state index in [1.54, 1.807) is 7.11 Å². The normalized spacial score (nSPS) is 9.87. The zero-order valence-electron chi connectivity index (χ0n) is 9.06. The summed E-state index contributed by atoms with van der Waals surface area (Å²) in [4.78, 5) is 10.6. The van der Waals surface area contributed by atoms with Crippen LogP contribution in [0.25, 0.3) is 0 Å². The Balaban J connectivity index is 2.98. The third kappa shape index (κ3) is 3.13. The molecule has 0 radical (unpaired) electrons. The fraction of sp³-hybridized carbons (Fsp3) is 0.364. The van der Waals surface area contributed by atoms with Crippen LogP contribution in [0.5, 0.6) is 5.75 Å². The van der Waals surface area contributed by atoms with Crippen molar-refractivity contribution >= 4 is 17.0 Å². The molecule has 0 aromatic heterocycles. The summed E-state index contributed by atoms with van der Waals surface area (Å²) in [5.41, 5.74) is 3.12. The van der Waals surface area contributed by atoms with Gasteiger partial charge in [0.2, 0.25) is 0 Å². The molecule has 82 valence electrons. The Morgan fingerprint density at radius 1 is 1.47 bits per heavy atom. The first kappa shape index (κ1) is 11.9. The second-order valence-electron chi connectivity index (χ2n) is 3.40. The van der Waals surface area contributed by atoms with Crippen molar-refractivity contribution in [3.8, 4) is 5.75 Å². The Kier molecular flexibility index (Phi) is 3.97. The molecule has 0 saturated heterocycles. The van der Waals surface area contributed by atoms with Gasteiger partial charge in [-0.2, -0.15) is 0 Å². The molecule has 0 aliphatic carbocycles. The van der Waals surface area contributed by atoms with E-state index in [1.807, 2.05) is 26.0 Å². The summed E-state index contributed by atoms with van der Waals surface area (Å²) < 4.78 is 5.27. The first-order chi connectivity index (χ1) is 7.04. The van der Waals surface area contributed by atoms with E-state index < -0.39 is 5.37 Å². The second-order valence-corrected chi connectivity index (χ2v) is 3.74. The van der Waals surface area contributed by atoms with Crippen LogP contribution in [-0.2, 0) is 6.54 Å².